The Morgan fingerprint density at radius 2 is 2.11 bits per heavy atom. The first-order chi connectivity index (χ1) is 13.0. The van der Waals surface area contributed by atoms with Crippen LogP contribution in [0.1, 0.15) is 21.5 Å². The molecule has 0 radical (unpaired) electrons. The standard InChI is InChI=1S/C21H17BrO5/c1-3-7-25-19(23)12-26-16-8-13(2)20-17(11-16)27-18(21(20)24)10-14-5-4-6-15(22)9-14/h3-6,8-11H,1,7,12H2,2H3/b18-10-. The lowest BCUT2D eigenvalue weighted by molar-refractivity contribution is -0.144. The number of benzene rings is 2. The average Bonchev–Trinajstić information content (AvgIpc) is 2.94. The van der Waals surface area contributed by atoms with E-state index in [2.05, 4.69) is 22.5 Å². The summed E-state index contributed by atoms with van der Waals surface area (Å²) in [6, 6.07) is 10.9. The molecule has 6 heteroatoms. The minimum Gasteiger partial charge on any atom is -0.482 e. The highest BCUT2D eigenvalue weighted by atomic mass is 79.9. The van der Waals surface area contributed by atoms with Crippen molar-refractivity contribution in [3.8, 4) is 11.5 Å². The average molecular weight is 429 g/mol. The summed E-state index contributed by atoms with van der Waals surface area (Å²) in [5, 5.41) is 0. The molecule has 0 N–H and O–H groups in total. The molecule has 0 unspecified atom stereocenters. The van der Waals surface area contributed by atoms with Gasteiger partial charge in [0.2, 0.25) is 5.78 Å². The molecule has 138 valence electrons. The lowest BCUT2D eigenvalue weighted by Gasteiger charge is -2.08. The predicted molar refractivity (Wildman–Crippen MR) is 105 cm³/mol. The van der Waals surface area contributed by atoms with Crippen molar-refractivity contribution in [2.75, 3.05) is 13.2 Å². The number of carbonyl (C=O) groups excluding carboxylic acids is 2. The highest BCUT2D eigenvalue weighted by Gasteiger charge is 2.30. The van der Waals surface area contributed by atoms with Crippen LogP contribution in [-0.4, -0.2) is 25.0 Å². The minimum atomic E-state index is -0.500. The van der Waals surface area contributed by atoms with E-state index in [4.69, 9.17) is 14.2 Å². The largest absolute Gasteiger partial charge is 0.482 e. The Morgan fingerprint density at radius 3 is 2.85 bits per heavy atom. The van der Waals surface area contributed by atoms with E-state index in [1.165, 1.54) is 6.08 Å². The zero-order valence-electron chi connectivity index (χ0n) is 14.7. The normalized spacial score (nSPS) is 13.9. The number of Topliss-reactive ketones (excluding diaryl/α,β-unsaturated/α-hetero) is 1. The van der Waals surface area contributed by atoms with Crippen LogP contribution in [0.25, 0.3) is 6.08 Å². The van der Waals surface area contributed by atoms with Crippen molar-refractivity contribution in [1.29, 1.82) is 0 Å². The first kappa shape index (κ1) is 18.9. The number of hydrogen-bond acceptors (Lipinski definition) is 5. The maximum atomic E-state index is 12.7. The molecule has 0 aromatic heterocycles. The minimum absolute atomic E-state index is 0.132. The van der Waals surface area contributed by atoms with Crippen LogP contribution in [0.2, 0.25) is 0 Å². The molecule has 0 saturated carbocycles. The van der Waals surface area contributed by atoms with Crippen LogP contribution in [0.5, 0.6) is 11.5 Å². The molecule has 0 saturated heterocycles. The number of allylic oxidation sites excluding steroid dienone is 1. The summed E-state index contributed by atoms with van der Waals surface area (Å²) >= 11 is 3.41. The molecule has 0 spiro atoms. The van der Waals surface area contributed by atoms with Crippen molar-refractivity contribution < 1.29 is 23.8 Å². The van der Waals surface area contributed by atoms with Gasteiger partial charge in [0.25, 0.3) is 0 Å². The molecule has 1 aliphatic heterocycles. The van der Waals surface area contributed by atoms with E-state index in [1.807, 2.05) is 24.3 Å². The van der Waals surface area contributed by atoms with E-state index < -0.39 is 5.97 Å². The second kappa shape index (κ2) is 8.22. The molecule has 0 amide bonds. The summed E-state index contributed by atoms with van der Waals surface area (Å²) in [5.41, 5.74) is 2.06. The van der Waals surface area contributed by atoms with E-state index in [9.17, 15) is 9.59 Å². The number of hydrogen-bond donors (Lipinski definition) is 0. The van der Waals surface area contributed by atoms with E-state index in [0.29, 0.717) is 22.6 Å². The number of fused-ring (bicyclic) bond motifs is 1. The van der Waals surface area contributed by atoms with Gasteiger partial charge in [0, 0.05) is 10.5 Å². The monoisotopic (exact) mass is 428 g/mol. The van der Waals surface area contributed by atoms with Gasteiger partial charge in [0.15, 0.2) is 12.4 Å². The van der Waals surface area contributed by atoms with Crippen LogP contribution in [0.4, 0.5) is 0 Å². The molecule has 3 rings (SSSR count). The highest BCUT2D eigenvalue weighted by molar-refractivity contribution is 9.10. The molecular weight excluding hydrogens is 412 g/mol. The Bertz CT molecular complexity index is 946. The van der Waals surface area contributed by atoms with Gasteiger partial charge < -0.3 is 14.2 Å². The van der Waals surface area contributed by atoms with Gasteiger partial charge >= 0.3 is 5.97 Å². The van der Waals surface area contributed by atoms with Gasteiger partial charge in [-0.25, -0.2) is 4.79 Å². The maximum Gasteiger partial charge on any atom is 0.344 e. The van der Waals surface area contributed by atoms with Crippen molar-refractivity contribution in [2.24, 2.45) is 0 Å². The van der Waals surface area contributed by atoms with Crippen LogP contribution in [0, 0.1) is 6.92 Å². The van der Waals surface area contributed by atoms with E-state index in [-0.39, 0.29) is 24.8 Å². The fraction of sp³-hybridized carbons (Fsp3) is 0.143. The molecule has 1 heterocycles. The summed E-state index contributed by atoms with van der Waals surface area (Å²) in [4.78, 5) is 24.2. The second-order valence-corrected chi connectivity index (χ2v) is 6.78. The van der Waals surface area contributed by atoms with Gasteiger partial charge in [-0.3, -0.25) is 4.79 Å². The lowest BCUT2D eigenvalue weighted by Crippen LogP contribution is -2.14. The zero-order valence-corrected chi connectivity index (χ0v) is 16.2. The third-order valence-electron chi connectivity index (χ3n) is 3.81. The van der Waals surface area contributed by atoms with Crippen molar-refractivity contribution in [2.45, 2.75) is 6.92 Å². The molecule has 0 bridgehead atoms. The Labute approximate surface area is 165 Å². The molecule has 0 aliphatic carbocycles. The first-order valence-electron chi connectivity index (χ1n) is 8.21. The van der Waals surface area contributed by atoms with Crippen LogP contribution in [0.15, 0.2) is 59.3 Å². The third kappa shape index (κ3) is 4.46. The molecule has 27 heavy (non-hydrogen) atoms. The molecule has 5 nitrogen and oxygen atoms in total. The zero-order chi connectivity index (χ0) is 19.4. The SMILES string of the molecule is C=CCOC(=O)COc1cc(C)c2c(c1)O/C(=C\c1cccc(Br)c1)C2=O. The van der Waals surface area contributed by atoms with E-state index >= 15 is 0 Å². The lowest BCUT2D eigenvalue weighted by atomic mass is 10.0. The third-order valence-corrected chi connectivity index (χ3v) is 4.30. The molecule has 0 fully saturated rings. The Kier molecular flexibility index (Phi) is 5.76. The van der Waals surface area contributed by atoms with Crippen molar-refractivity contribution in [3.05, 3.63) is 76.0 Å². The summed E-state index contributed by atoms with van der Waals surface area (Å²) < 4.78 is 17.0. The van der Waals surface area contributed by atoms with E-state index in [1.54, 1.807) is 25.1 Å². The Balaban J connectivity index is 1.79. The molecule has 0 atom stereocenters. The Hall–Kier alpha value is -2.86. The smallest absolute Gasteiger partial charge is 0.344 e. The summed E-state index contributed by atoms with van der Waals surface area (Å²) in [6.07, 6.45) is 3.18. The second-order valence-electron chi connectivity index (χ2n) is 5.87. The van der Waals surface area contributed by atoms with Crippen LogP contribution < -0.4 is 9.47 Å². The molecular formula is C21H17BrO5. The summed E-state index contributed by atoms with van der Waals surface area (Å²) in [5.74, 6) is 0.405. The number of ether oxygens (including phenoxy) is 3. The van der Waals surface area contributed by atoms with Crippen molar-refractivity contribution in [1.82, 2.24) is 0 Å². The van der Waals surface area contributed by atoms with Gasteiger partial charge in [0.05, 0.1) is 5.56 Å². The predicted octanol–water partition coefficient (Wildman–Crippen LogP) is 4.48. The number of halogens is 1. The van der Waals surface area contributed by atoms with Crippen LogP contribution >= 0.6 is 15.9 Å². The van der Waals surface area contributed by atoms with Crippen molar-refractivity contribution in [3.63, 3.8) is 0 Å². The number of aryl methyl sites for hydroxylation is 1. The number of carbonyl (C=O) groups is 2. The summed E-state index contributed by atoms with van der Waals surface area (Å²) in [7, 11) is 0. The van der Waals surface area contributed by atoms with E-state index in [0.717, 1.165) is 10.0 Å². The fourth-order valence-corrected chi connectivity index (χ4v) is 3.06. The molecule has 2 aromatic carbocycles. The molecule has 1 aliphatic rings. The number of ketones is 1. The van der Waals surface area contributed by atoms with Gasteiger partial charge in [-0.05, 0) is 42.3 Å². The number of esters is 1. The van der Waals surface area contributed by atoms with Gasteiger partial charge in [-0.2, -0.15) is 0 Å². The molecule has 2 aromatic rings. The topological polar surface area (TPSA) is 61.8 Å². The maximum absolute atomic E-state index is 12.7. The van der Waals surface area contributed by atoms with Gasteiger partial charge in [-0.1, -0.05) is 40.7 Å². The van der Waals surface area contributed by atoms with Crippen molar-refractivity contribution >= 4 is 33.8 Å². The fourth-order valence-electron chi connectivity index (χ4n) is 2.64. The van der Waals surface area contributed by atoms with Gasteiger partial charge in [0.1, 0.15) is 18.1 Å². The van der Waals surface area contributed by atoms with Crippen LogP contribution in [0.3, 0.4) is 0 Å². The highest BCUT2D eigenvalue weighted by Crippen LogP contribution is 2.37. The Morgan fingerprint density at radius 1 is 1.30 bits per heavy atom. The first-order valence-corrected chi connectivity index (χ1v) is 9.01. The summed E-state index contributed by atoms with van der Waals surface area (Å²) in [6.45, 7) is 5.17. The van der Waals surface area contributed by atoms with Gasteiger partial charge in [-0.15, -0.1) is 0 Å². The number of rotatable bonds is 6. The van der Waals surface area contributed by atoms with Crippen LogP contribution in [-0.2, 0) is 9.53 Å². The quantitative estimate of drug-likeness (QED) is 0.385.